The minimum absolute atomic E-state index is 0.00329. The van der Waals surface area contributed by atoms with Crippen molar-refractivity contribution in [3.05, 3.63) is 0 Å². The van der Waals surface area contributed by atoms with E-state index >= 15 is 0 Å². The fourth-order valence-electron chi connectivity index (χ4n) is 1.09. The normalized spacial score (nSPS) is 13.8. The lowest BCUT2D eigenvalue weighted by Gasteiger charge is -2.31. The highest BCUT2D eigenvalue weighted by Gasteiger charge is 2.25. The molecule has 0 bridgehead atoms. The summed E-state index contributed by atoms with van der Waals surface area (Å²) in [6.07, 6.45) is -0.961. The van der Waals surface area contributed by atoms with Gasteiger partial charge in [0.15, 0.2) is 0 Å². The van der Waals surface area contributed by atoms with Crippen LogP contribution in [-0.4, -0.2) is 45.7 Å². The SMILES string of the molecule is CC(C)N(CC(O)CBr)C(=O)OC(C)(C)C. The second-order valence-corrected chi connectivity index (χ2v) is 5.68. The van der Waals surface area contributed by atoms with Crippen molar-refractivity contribution in [2.24, 2.45) is 0 Å². The van der Waals surface area contributed by atoms with Gasteiger partial charge in [-0.25, -0.2) is 4.79 Å². The number of halogens is 1. The zero-order valence-electron chi connectivity index (χ0n) is 10.7. The number of nitrogens with zero attached hydrogens (tertiary/aromatic N) is 1. The molecule has 1 unspecified atom stereocenters. The van der Waals surface area contributed by atoms with E-state index in [1.807, 2.05) is 34.6 Å². The Bertz CT molecular complexity index is 226. The molecule has 1 atom stereocenters. The van der Waals surface area contributed by atoms with Crippen LogP contribution in [0, 0.1) is 0 Å². The Morgan fingerprint density at radius 3 is 2.25 bits per heavy atom. The number of carbonyl (C=O) groups excluding carboxylic acids is 1. The van der Waals surface area contributed by atoms with Crippen LogP contribution in [0.5, 0.6) is 0 Å². The Hall–Kier alpha value is -0.290. The number of hydrogen-bond acceptors (Lipinski definition) is 3. The fourth-order valence-corrected chi connectivity index (χ4v) is 1.30. The van der Waals surface area contributed by atoms with Crippen LogP contribution in [0.2, 0.25) is 0 Å². The fraction of sp³-hybridized carbons (Fsp3) is 0.909. The van der Waals surface area contributed by atoms with E-state index in [-0.39, 0.29) is 18.7 Å². The lowest BCUT2D eigenvalue weighted by molar-refractivity contribution is 0.00971. The van der Waals surface area contributed by atoms with Crippen molar-refractivity contribution in [1.82, 2.24) is 4.90 Å². The number of amides is 1. The molecular formula is C11H22BrNO3. The maximum Gasteiger partial charge on any atom is 0.410 e. The molecule has 1 N–H and O–H groups in total. The molecule has 0 radical (unpaired) electrons. The Balaban J connectivity index is 4.48. The van der Waals surface area contributed by atoms with Crippen LogP contribution < -0.4 is 0 Å². The van der Waals surface area contributed by atoms with Gasteiger partial charge in [-0.15, -0.1) is 0 Å². The Morgan fingerprint density at radius 2 is 1.94 bits per heavy atom. The number of aliphatic hydroxyl groups is 1. The summed E-state index contributed by atoms with van der Waals surface area (Å²) in [7, 11) is 0. The van der Waals surface area contributed by atoms with Crippen LogP contribution >= 0.6 is 15.9 Å². The molecule has 1 amide bonds. The van der Waals surface area contributed by atoms with Gasteiger partial charge in [0.05, 0.1) is 12.6 Å². The Morgan fingerprint density at radius 1 is 1.44 bits per heavy atom. The number of aliphatic hydroxyl groups excluding tert-OH is 1. The van der Waals surface area contributed by atoms with Crippen molar-refractivity contribution in [2.45, 2.75) is 52.4 Å². The average molecular weight is 296 g/mol. The van der Waals surface area contributed by atoms with Crippen LogP contribution in [0.3, 0.4) is 0 Å². The molecule has 0 spiro atoms. The average Bonchev–Trinajstić information content (AvgIpc) is 2.09. The molecule has 96 valence electrons. The first-order chi connectivity index (χ1) is 7.17. The van der Waals surface area contributed by atoms with E-state index in [9.17, 15) is 9.90 Å². The summed E-state index contributed by atoms with van der Waals surface area (Å²) in [6, 6.07) is 0.00329. The highest BCUT2D eigenvalue weighted by molar-refractivity contribution is 9.09. The topological polar surface area (TPSA) is 49.8 Å². The van der Waals surface area contributed by atoms with Gasteiger partial charge in [0, 0.05) is 11.4 Å². The molecule has 0 aromatic carbocycles. The van der Waals surface area contributed by atoms with Crippen molar-refractivity contribution in [3.63, 3.8) is 0 Å². The maximum atomic E-state index is 11.8. The standard InChI is InChI=1S/C11H22BrNO3/c1-8(2)13(7-9(14)6-12)10(15)16-11(3,4)5/h8-9,14H,6-7H2,1-5H3. The Kier molecular flexibility index (Phi) is 6.33. The summed E-state index contributed by atoms with van der Waals surface area (Å²) in [6.45, 7) is 9.53. The van der Waals surface area contributed by atoms with E-state index in [1.54, 1.807) is 0 Å². The first-order valence-electron chi connectivity index (χ1n) is 5.41. The maximum absolute atomic E-state index is 11.8. The highest BCUT2D eigenvalue weighted by Crippen LogP contribution is 2.12. The molecule has 0 aliphatic carbocycles. The second kappa shape index (κ2) is 6.45. The van der Waals surface area contributed by atoms with Crippen LogP contribution in [0.25, 0.3) is 0 Å². The van der Waals surface area contributed by atoms with Crippen molar-refractivity contribution < 1.29 is 14.6 Å². The third-order valence-electron chi connectivity index (χ3n) is 1.84. The summed E-state index contributed by atoms with van der Waals surface area (Å²) in [5, 5.41) is 9.97. The molecule has 0 fully saturated rings. The molecule has 0 aliphatic heterocycles. The third kappa shape index (κ3) is 6.33. The Labute approximate surface area is 106 Å². The molecule has 0 saturated heterocycles. The first kappa shape index (κ1) is 15.7. The van der Waals surface area contributed by atoms with E-state index in [4.69, 9.17) is 4.74 Å². The molecule has 0 heterocycles. The number of hydrogen-bond donors (Lipinski definition) is 1. The van der Waals surface area contributed by atoms with Gasteiger partial charge in [-0.2, -0.15) is 0 Å². The highest BCUT2D eigenvalue weighted by atomic mass is 79.9. The van der Waals surface area contributed by atoms with E-state index in [0.717, 1.165) is 0 Å². The molecule has 4 nitrogen and oxygen atoms in total. The number of ether oxygens (including phenoxy) is 1. The van der Waals surface area contributed by atoms with Crippen LogP contribution in [-0.2, 0) is 4.74 Å². The van der Waals surface area contributed by atoms with Crippen LogP contribution in [0.1, 0.15) is 34.6 Å². The minimum atomic E-state index is -0.574. The van der Waals surface area contributed by atoms with Gasteiger partial charge < -0.3 is 14.7 Å². The van der Waals surface area contributed by atoms with Crippen LogP contribution in [0.15, 0.2) is 0 Å². The second-order valence-electron chi connectivity index (χ2n) is 5.03. The third-order valence-corrected chi connectivity index (χ3v) is 2.58. The molecular weight excluding hydrogens is 274 g/mol. The lowest BCUT2D eigenvalue weighted by Crippen LogP contribution is -2.45. The zero-order valence-corrected chi connectivity index (χ0v) is 12.2. The molecule has 16 heavy (non-hydrogen) atoms. The van der Waals surface area contributed by atoms with Gasteiger partial charge in [0.2, 0.25) is 0 Å². The van der Waals surface area contributed by atoms with Gasteiger partial charge in [-0.1, -0.05) is 15.9 Å². The van der Waals surface area contributed by atoms with E-state index in [1.165, 1.54) is 4.90 Å². The number of carbonyl (C=O) groups is 1. The van der Waals surface area contributed by atoms with E-state index < -0.39 is 11.7 Å². The molecule has 0 saturated carbocycles. The summed E-state index contributed by atoms with van der Waals surface area (Å²) >= 11 is 3.17. The summed E-state index contributed by atoms with van der Waals surface area (Å²) in [5.74, 6) is 0. The minimum Gasteiger partial charge on any atom is -0.444 e. The summed E-state index contributed by atoms with van der Waals surface area (Å²) < 4.78 is 5.27. The van der Waals surface area contributed by atoms with Crippen molar-refractivity contribution in [2.75, 3.05) is 11.9 Å². The van der Waals surface area contributed by atoms with Gasteiger partial charge in [-0.3, -0.25) is 0 Å². The van der Waals surface area contributed by atoms with Gasteiger partial charge in [0.25, 0.3) is 0 Å². The smallest absolute Gasteiger partial charge is 0.410 e. The van der Waals surface area contributed by atoms with Gasteiger partial charge >= 0.3 is 6.09 Å². The molecule has 0 aromatic rings. The summed E-state index contributed by atoms with van der Waals surface area (Å²) in [5.41, 5.74) is -0.510. The predicted molar refractivity (Wildman–Crippen MR) is 67.9 cm³/mol. The predicted octanol–water partition coefficient (Wildman–Crippen LogP) is 2.39. The number of rotatable bonds is 4. The number of alkyl halides is 1. The van der Waals surface area contributed by atoms with Crippen LogP contribution in [0.4, 0.5) is 4.79 Å². The first-order valence-corrected chi connectivity index (χ1v) is 6.53. The van der Waals surface area contributed by atoms with E-state index in [0.29, 0.717) is 5.33 Å². The van der Waals surface area contributed by atoms with Crippen molar-refractivity contribution >= 4 is 22.0 Å². The molecule has 0 rings (SSSR count). The van der Waals surface area contributed by atoms with Gasteiger partial charge in [-0.05, 0) is 34.6 Å². The molecule has 0 aliphatic rings. The molecule has 0 aromatic heterocycles. The summed E-state index contributed by atoms with van der Waals surface area (Å²) in [4.78, 5) is 13.4. The van der Waals surface area contributed by atoms with E-state index in [2.05, 4.69) is 15.9 Å². The van der Waals surface area contributed by atoms with Gasteiger partial charge in [0.1, 0.15) is 5.60 Å². The monoisotopic (exact) mass is 295 g/mol. The lowest BCUT2D eigenvalue weighted by atomic mass is 10.2. The zero-order chi connectivity index (χ0) is 12.9. The van der Waals surface area contributed by atoms with Crippen molar-refractivity contribution in [1.29, 1.82) is 0 Å². The quantitative estimate of drug-likeness (QED) is 0.810. The van der Waals surface area contributed by atoms with Crippen molar-refractivity contribution in [3.8, 4) is 0 Å². The molecule has 5 heteroatoms. The largest absolute Gasteiger partial charge is 0.444 e.